The Bertz CT molecular complexity index is 950. The molecule has 3 aromatic rings. The van der Waals surface area contributed by atoms with Crippen LogP contribution in [0.3, 0.4) is 0 Å². The summed E-state index contributed by atoms with van der Waals surface area (Å²) in [7, 11) is 0. The van der Waals surface area contributed by atoms with E-state index in [2.05, 4.69) is 10.4 Å². The summed E-state index contributed by atoms with van der Waals surface area (Å²) >= 11 is 0. The summed E-state index contributed by atoms with van der Waals surface area (Å²) in [5.41, 5.74) is 3.28. The third-order valence-electron chi connectivity index (χ3n) is 4.23. The number of aromatic nitrogens is 2. The summed E-state index contributed by atoms with van der Waals surface area (Å²) < 4.78 is 13.1. The summed E-state index contributed by atoms with van der Waals surface area (Å²) in [6.45, 7) is 7.52. The molecule has 1 aromatic heterocycles. The Labute approximate surface area is 165 Å². The molecule has 6 heteroatoms. The van der Waals surface area contributed by atoms with E-state index in [9.17, 15) is 4.79 Å². The molecule has 0 aliphatic rings. The van der Waals surface area contributed by atoms with Gasteiger partial charge in [0.25, 0.3) is 5.91 Å². The van der Waals surface area contributed by atoms with Crippen molar-refractivity contribution in [2.45, 2.75) is 27.3 Å². The quantitative estimate of drug-likeness (QED) is 0.634. The average Bonchev–Trinajstić information content (AvgIpc) is 3.11. The van der Waals surface area contributed by atoms with Gasteiger partial charge in [0.1, 0.15) is 0 Å². The van der Waals surface area contributed by atoms with Crippen LogP contribution in [0.2, 0.25) is 0 Å². The van der Waals surface area contributed by atoms with Crippen molar-refractivity contribution in [3.63, 3.8) is 0 Å². The predicted molar refractivity (Wildman–Crippen MR) is 109 cm³/mol. The number of nitrogens with zero attached hydrogens (tertiary/aromatic N) is 2. The molecule has 1 heterocycles. The van der Waals surface area contributed by atoms with Crippen molar-refractivity contribution >= 4 is 11.6 Å². The van der Waals surface area contributed by atoms with Gasteiger partial charge in [-0.2, -0.15) is 5.10 Å². The van der Waals surface area contributed by atoms with Gasteiger partial charge in [-0.15, -0.1) is 0 Å². The van der Waals surface area contributed by atoms with E-state index < -0.39 is 0 Å². The van der Waals surface area contributed by atoms with Crippen LogP contribution in [0.1, 0.15) is 35.3 Å². The number of nitrogens with one attached hydrogen (secondary N) is 1. The second kappa shape index (κ2) is 9.08. The number of aryl methyl sites for hydroxylation is 1. The number of carbonyl (C=O) groups excluding carboxylic acids is 1. The molecule has 0 radical (unpaired) electrons. The Morgan fingerprint density at radius 2 is 1.82 bits per heavy atom. The standard InChI is InChI=1S/C22H25N3O3/c1-4-27-20-11-10-17(12-21(20)28-5-2)14-25-15-18(13-23-25)24-22(26)19-9-7-6-8-16(19)3/h6-13,15H,4-5,14H2,1-3H3,(H,24,26). The SMILES string of the molecule is CCOc1ccc(Cn2cc(NC(=O)c3ccccc3C)cn2)cc1OCC. The first kappa shape index (κ1) is 19.5. The van der Waals surface area contributed by atoms with Crippen molar-refractivity contribution in [1.29, 1.82) is 0 Å². The minimum Gasteiger partial charge on any atom is -0.490 e. The van der Waals surface area contributed by atoms with Gasteiger partial charge in [-0.05, 0) is 50.1 Å². The monoisotopic (exact) mass is 379 g/mol. The number of rotatable bonds is 8. The molecule has 0 spiro atoms. The molecule has 0 saturated carbocycles. The lowest BCUT2D eigenvalue weighted by Gasteiger charge is -2.12. The second-order valence-corrected chi connectivity index (χ2v) is 6.34. The zero-order valence-corrected chi connectivity index (χ0v) is 16.4. The van der Waals surface area contributed by atoms with Crippen LogP contribution >= 0.6 is 0 Å². The van der Waals surface area contributed by atoms with Crippen molar-refractivity contribution in [1.82, 2.24) is 9.78 Å². The molecule has 28 heavy (non-hydrogen) atoms. The smallest absolute Gasteiger partial charge is 0.256 e. The molecule has 1 amide bonds. The van der Waals surface area contributed by atoms with Crippen LogP contribution in [0.5, 0.6) is 11.5 Å². The van der Waals surface area contributed by atoms with E-state index in [1.807, 2.05) is 69.4 Å². The van der Waals surface area contributed by atoms with Gasteiger partial charge in [0.05, 0.1) is 31.6 Å². The molecule has 2 aromatic carbocycles. The van der Waals surface area contributed by atoms with Crippen LogP contribution in [0.15, 0.2) is 54.9 Å². The molecule has 0 aliphatic heterocycles. The zero-order valence-electron chi connectivity index (χ0n) is 16.4. The molecular formula is C22H25N3O3. The predicted octanol–water partition coefficient (Wildman–Crippen LogP) is 4.29. The van der Waals surface area contributed by atoms with E-state index in [0.29, 0.717) is 31.0 Å². The fourth-order valence-corrected chi connectivity index (χ4v) is 2.92. The van der Waals surface area contributed by atoms with Gasteiger partial charge in [-0.25, -0.2) is 0 Å². The van der Waals surface area contributed by atoms with Crippen molar-refractivity contribution in [3.05, 3.63) is 71.5 Å². The maximum Gasteiger partial charge on any atom is 0.256 e. The van der Waals surface area contributed by atoms with E-state index in [0.717, 1.165) is 22.6 Å². The highest BCUT2D eigenvalue weighted by Crippen LogP contribution is 2.29. The lowest BCUT2D eigenvalue weighted by Crippen LogP contribution is -2.12. The maximum atomic E-state index is 12.4. The normalized spacial score (nSPS) is 10.5. The number of hydrogen-bond donors (Lipinski definition) is 1. The van der Waals surface area contributed by atoms with Crippen LogP contribution in [-0.4, -0.2) is 28.9 Å². The van der Waals surface area contributed by atoms with E-state index in [1.165, 1.54) is 0 Å². The molecule has 3 rings (SSSR count). The van der Waals surface area contributed by atoms with Gasteiger partial charge in [0, 0.05) is 11.8 Å². The molecule has 0 fully saturated rings. The molecule has 0 atom stereocenters. The van der Waals surface area contributed by atoms with E-state index in [4.69, 9.17) is 9.47 Å². The van der Waals surface area contributed by atoms with Crippen LogP contribution < -0.4 is 14.8 Å². The lowest BCUT2D eigenvalue weighted by atomic mass is 10.1. The number of hydrogen-bond acceptors (Lipinski definition) is 4. The molecule has 0 saturated heterocycles. The second-order valence-electron chi connectivity index (χ2n) is 6.34. The van der Waals surface area contributed by atoms with E-state index >= 15 is 0 Å². The molecule has 146 valence electrons. The topological polar surface area (TPSA) is 65.4 Å². The summed E-state index contributed by atoms with van der Waals surface area (Å²) in [4.78, 5) is 12.4. The molecule has 6 nitrogen and oxygen atoms in total. The lowest BCUT2D eigenvalue weighted by molar-refractivity contribution is 0.102. The molecule has 0 unspecified atom stereocenters. The highest BCUT2D eigenvalue weighted by Gasteiger charge is 2.11. The largest absolute Gasteiger partial charge is 0.490 e. The first-order valence-corrected chi connectivity index (χ1v) is 9.38. The van der Waals surface area contributed by atoms with Crippen molar-refractivity contribution < 1.29 is 14.3 Å². The third kappa shape index (κ3) is 4.71. The molecular weight excluding hydrogens is 354 g/mol. The van der Waals surface area contributed by atoms with Crippen molar-refractivity contribution in [2.75, 3.05) is 18.5 Å². The van der Waals surface area contributed by atoms with Gasteiger partial charge in [0.15, 0.2) is 11.5 Å². The van der Waals surface area contributed by atoms with Crippen LogP contribution in [-0.2, 0) is 6.54 Å². The third-order valence-corrected chi connectivity index (χ3v) is 4.23. The number of ether oxygens (including phenoxy) is 2. The van der Waals surface area contributed by atoms with Crippen LogP contribution in [0, 0.1) is 6.92 Å². The molecule has 0 aliphatic carbocycles. The highest BCUT2D eigenvalue weighted by molar-refractivity contribution is 6.05. The number of anilines is 1. The first-order chi connectivity index (χ1) is 13.6. The summed E-state index contributed by atoms with van der Waals surface area (Å²) in [6.07, 6.45) is 3.46. The van der Waals surface area contributed by atoms with E-state index in [1.54, 1.807) is 10.9 Å². The van der Waals surface area contributed by atoms with Crippen molar-refractivity contribution in [2.24, 2.45) is 0 Å². The summed E-state index contributed by atoms with van der Waals surface area (Å²) in [5.74, 6) is 1.32. The minimum absolute atomic E-state index is 0.141. The van der Waals surface area contributed by atoms with Crippen LogP contribution in [0.25, 0.3) is 0 Å². The van der Waals surface area contributed by atoms with Gasteiger partial charge >= 0.3 is 0 Å². The van der Waals surface area contributed by atoms with Gasteiger partial charge in [-0.1, -0.05) is 24.3 Å². The first-order valence-electron chi connectivity index (χ1n) is 9.38. The van der Waals surface area contributed by atoms with Gasteiger partial charge in [-0.3, -0.25) is 9.48 Å². The zero-order chi connectivity index (χ0) is 19.9. The van der Waals surface area contributed by atoms with E-state index in [-0.39, 0.29) is 5.91 Å². The van der Waals surface area contributed by atoms with Crippen LogP contribution in [0.4, 0.5) is 5.69 Å². The Kier molecular flexibility index (Phi) is 6.32. The summed E-state index contributed by atoms with van der Waals surface area (Å²) in [5, 5.41) is 7.24. The number of benzene rings is 2. The minimum atomic E-state index is -0.141. The fourth-order valence-electron chi connectivity index (χ4n) is 2.92. The maximum absolute atomic E-state index is 12.4. The highest BCUT2D eigenvalue weighted by atomic mass is 16.5. The summed E-state index contributed by atoms with van der Waals surface area (Å²) in [6, 6.07) is 13.4. The van der Waals surface area contributed by atoms with Gasteiger partial charge < -0.3 is 14.8 Å². The number of carbonyl (C=O) groups is 1. The Morgan fingerprint density at radius 1 is 1.07 bits per heavy atom. The molecule has 1 N–H and O–H groups in total. The van der Waals surface area contributed by atoms with Crippen molar-refractivity contribution in [3.8, 4) is 11.5 Å². The number of amides is 1. The fraction of sp³-hybridized carbons (Fsp3) is 0.273. The Balaban J connectivity index is 1.70. The Morgan fingerprint density at radius 3 is 2.57 bits per heavy atom. The average molecular weight is 379 g/mol. The Hall–Kier alpha value is -3.28. The molecule has 0 bridgehead atoms. The van der Waals surface area contributed by atoms with Gasteiger partial charge in [0.2, 0.25) is 0 Å².